The van der Waals surface area contributed by atoms with Crippen LogP contribution >= 0.6 is 0 Å². The van der Waals surface area contributed by atoms with Crippen LogP contribution in [-0.4, -0.2) is 36.1 Å². The van der Waals surface area contributed by atoms with Gasteiger partial charge in [0.25, 0.3) is 0 Å². The highest BCUT2D eigenvalue weighted by Gasteiger charge is 2.19. The first kappa shape index (κ1) is 18.0. The van der Waals surface area contributed by atoms with Gasteiger partial charge in [0.05, 0.1) is 6.61 Å². The van der Waals surface area contributed by atoms with Crippen molar-refractivity contribution in [1.82, 2.24) is 9.88 Å². The molecule has 3 heteroatoms. The topological polar surface area (TPSA) is 25.4 Å². The van der Waals surface area contributed by atoms with E-state index in [9.17, 15) is 0 Å². The Morgan fingerprint density at radius 3 is 2.59 bits per heavy atom. The van der Waals surface area contributed by atoms with E-state index in [0.717, 1.165) is 42.1 Å². The van der Waals surface area contributed by atoms with Crippen molar-refractivity contribution in [2.75, 3.05) is 26.2 Å². The maximum Gasteiger partial charge on any atom is 0.145 e. The summed E-state index contributed by atoms with van der Waals surface area (Å²) in [5, 5.41) is 1.13. The van der Waals surface area contributed by atoms with Gasteiger partial charge in [0, 0.05) is 18.1 Å². The number of fused-ring (bicyclic) bond motifs is 1. The fraction of sp³-hybridized carbons (Fsp3) is 0.375. The molecular formula is C24H28N2O. The predicted molar refractivity (Wildman–Crippen MR) is 111 cm³/mol. The molecule has 0 spiro atoms. The van der Waals surface area contributed by atoms with Gasteiger partial charge in [-0.2, -0.15) is 0 Å². The highest BCUT2D eigenvalue weighted by molar-refractivity contribution is 5.84. The van der Waals surface area contributed by atoms with Crippen molar-refractivity contribution in [2.24, 2.45) is 5.92 Å². The average Bonchev–Trinajstić information content (AvgIpc) is 2.73. The zero-order valence-electron chi connectivity index (χ0n) is 15.9. The highest BCUT2D eigenvalue weighted by Crippen LogP contribution is 2.24. The number of rotatable bonds is 7. The summed E-state index contributed by atoms with van der Waals surface area (Å²) in [5.41, 5.74) is 2.44. The Morgan fingerprint density at radius 2 is 1.74 bits per heavy atom. The third-order valence-corrected chi connectivity index (χ3v) is 5.55. The van der Waals surface area contributed by atoms with E-state index >= 15 is 0 Å². The second-order valence-corrected chi connectivity index (χ2v) is 7.51. The van der Waals surface area contributed by atoms with Crippen LogP contribution in [0.3, 0.4) is 0 Å². The molecule has 0 N–H and O–H groups in total. The van der Waals surface area contributed by atoms with Gasteiger partial charge in [0.1, 0.15) is 11.3 Å². The van der Waals surface area contributed by atoms with Crippen LogP contribution in [0.25, 0.3) is 10.9 Å². The fourth-order valence-corrected chi connectivity index (χ4v) is 4.02. The van der Waals surface area contributed by atoms with Crippen LogP contribution in [0.2, 0.25) is 0 Å². The molecule has 1 saturated heterocycles. The molecule has 140 valence electrons. The molecular weight excluding hydrogens is 332 g/mol. The first-order valence-corrected chi connectivity index (χ1v) is 10.1. The molecule has 0 amide bonds. The molecule has 0 bridgehead atoms. The van der Waals surface area contributed by atoms with Gasteiger partial charge >= 0.3 is 0 Å². The molecule has 27 heavy (non-hydrogen) atoms. The number of benzene rings is 2. The van der Waals surface area contributed by atoms with Crippen molar-refractivity contribution >= 4 is 10.9 Å². The number of pyridine rings is 1. The number of aromatic nitrogens is 1. The molecule has 1 aliphatic rings. The zero-order valence-corrected chi connectivity index (χ0v) is 15.9. The van der Waals surface area contributed by atoms with E-state index in [2.05, 4.69) is 52.3 Å². The van der Waals surface area contributed by atoms with Crippen LogP contribution in [0.15, 0.2) is 66.9 Å². The van der Waals surface area contributed by atoms with E-state index in [-0.39, 0.29) is 0 Å². The summed E-state index contributed by atoms with van der Waals surface area (Å²) in [4.78, 5) is 7.05. The Balaban J connectivity index is 1.18. The Bertz CT molecular complexity index is 836. The lowest BCUT2D eigenvalue weighted by Gasteiger charge is -2.32. The van der Waals surface area contributed by atoms with Gasteiger partial charge in [0.2, 0.25) is 0 Å². The van der Waals surface area contributed by atoms with E-state index in [1.807, 2.05) is 24.4 Å². The van der Waals surface area contributed by atoms with Crippen molar-refractivity contribution in [3.8, 4) is 5.75 Å². The summed E-state index contributed by atoms with van der Waals surface area (Å²) in [6.45, 7) is 4.30. The second-order valence-electron chi connectivity index (χ2n) is 7.51. The smallest absolute Gasteiger partial charge is 0.145 e. The Labute approximate surface area is 162 Å². The lowest BCUT2D eigenvalue weighted by Crippen LogP contribution is -2.35. The standard InChI is InChI=1S/C24H28N2O/c1-2-7-20(8-3-1)19-21-12-16-26(17-13-21)15-6-18-27-23-11-4-9-22-10-5-14-25-24(22)23/h1-5,7-11,14,21H,6,12-13,15-19H2. The van der Waals surface area contributed by atoms with Gasteiger partial charge in [-0.3, -0.25) is 4.98 Å². The summed E-state index contributed by atoms with van der Waals surface area (Å²) >= 11 is 0. The number of ether oxygens (including phenoxy) is 1. The number of para-hydroxylation sites is 1. The Kier molecular flexibility index (Phi) is 6.00. The summed E-state index contributed by atoms with van der Waals surface area (Å²) in [6, 6.07) is 21.1. The molecule has 0 saturated carbocycles. The van der Waals surface area contributed by atoms with Crippen LogP contribution in [-0.2, 0) is 6.42 Å². The molecule has 3 nitrogen and oxygen atoms in total. The number of likely N-dealkylation sites (tertiary alicyclic amines) is 1. The lowest BCUT2D eigenvalue weighted by atomic mass is 9.90. The molecule has 1 aliphatic heterocycles. The summed E-state index contributed by atoms with van der Waals surface area (Å²) in [6.07, 6.45) is 6.74. The van der Waals surface area contributed by atoms with Gasteiger partial charge in [-0.25, -0.2) is 0 Å². The van der Waals surface area contributed by atoms with Crippen LogP contribution in [0.4, 0.5) is 0 Å². The minimum atomic E-state index is 0.750. The molecule has 2 aromatic carbocycles. The third-order valence-electron chi connectivity index (χ3n) is 5.55. The van der Waals surface area contributed by atoms with Gasteiger partial charge in [-0.1, -0.05) is 48.5 Å². The zero-order chi connectivity index (χ0) is 18.3. The SMILES string of the molecule is c1ccc(CC2CCN(CCCOc3cccc4cccnc34)CC2)cc1. The summed E-state index contributed by atoms with van der Waals surface area (Å²) in [5.74, 6) is 1.73. The fourth-order valence-electron chi connectivity index (χ4n) is 4.02. The van der Waals surface area contributed by atoms with E-state index in [1.54, 1.807) is 0 Å². The minimum absolute atomic E-state index is 0.750. The van der Waals surface area contributed by atoms with Gasteiger partial charge in [-0.05, 0) is 62.4 Å². The summed E-state index contributed by atoms with van der Waals surface area (Å²) in [7, 11) is 0. The van der Waals surface area contributed by atoms with E-state index in [0.29, 0.717) is 0 Å². The lowest BCUT2D eigenvalue weighted by molar-refractivity contribution is 0.171. The quantitative estimate of drug-likeness (QED) is 0.557. The molecule has 2 heterocycles. The molecule has 0 radical (unpaired) electrons. The first-order valence-electron chi connectivity index (χ1n) is 10.1. The van der Waals surface area contributed by atoms with Crippen LogP contribution < -0.4 is 4.74 Å². The maximum atomic E-state index is 6.02. The van der Waals surface area contributed by atoms with E-state index < -0.39 is 0 Å². The van der Waals surface area contributed by atoms with Crippen molar-refractivity contribution in [2.45, 2.75) is 25.7 Å². The molecule has 0 aliphatic carbocycles. The predicted octanol–water partition coefficient (Wildman–Crippen LogP) is 4.96. The Hall–Kier alpha value is -2.39. The number of nitrogens with zero attached hydrogens (tertiary/aromatic N) is 2. The van der Waals surface area contributed by atoms with Crippen LogP contribution in [0, 0.1) is 5.92 Å². The van der Waals surface area contributed by atoms with E-state index in [1.165, 1.54) is 37.9 Å². The normalized spacial score (nSPS) is 15.9. The van der Waals surface area contributed by atoms with Crippen LogP contribution in [0.1, 0.15) is 24.8 Å². The largest absolute Gasteiger partial charge is 0.491 e. The molecule has 0 unspecified atom stereocenters. The summed E-state index contributed by atoms with van der Waals surface area (Å²) < 4.78 is 6.02. The number of hydrogen-bond donors (Lipinski definition) is 0. The molecule has 1 aromatic heterocycles. The third kappa shape index (κ3) is 4.86. The van der Waals surface area contributed by atoms with Gasteiger partial charge in [-0.15, -0.1) is 0 Å². The number of hydrogen-bond acceptors (Lipinski definition) is 3. The molecule has 3 aromatic rings. The first-order chi connectivity index (χ1) is 13.4. The van der Waals surface area contributed by atoms with Crippen molar-refractivity contribution in [1.29, 1.82) is 0 Å². The van der Waals surface area contributed by atoms with Gasteiger partial charge in [0.15, 0.2) is 0 Å². The van der Waals surface area contributed by atoms with Crippen molar-refractivity contribution < 1.29 is 4.74 Å². The van der Waals surface area contributed by atoms with Crippen LogP contribution in [0.5, 0.6) is 5.75 Å². The average molecular weight is 361 g/mol. The number of piperidine rings is 1. The Morgan fingerprint density at radius 1 is 0.926 bits per heavy atom. The minimum Gasteiger partial charge on any atom is -0.491 e. The van der Waals surface area contributed by atoms with Crippen molar-refractivity contribution in [3.63, 3.8) is 0 Å². The molecule has 1 fully saturated rings. The highest BCUT2D eigenvalue weighted by atomic mass is 16.5. The monoisotopic (exact) mass is 360 g/mol. The van der Waals surface area contributed by atoms with Crippen molar-refractivity contribution in [3.05, 3.63) is 72.4 Å². The second kappa shape index (κ2) is 9.01. The maximum absolute atomic E-state index is 6.02. The molecule has 4 rings (SSSR count). The van der Waals surface area contributed by atoms with E-state index in [4.69, 9.17) is 4.74 Å². The van der Waals surface area contributed by atoms with Gasteiger partial charge < -0.3 is 9.64 Å². The molecule has 0 atom stereocenters.